The number of hydrogen-bond acceptors (Lipinski definition) is 5. The summed E-state index contributed by atoms with van der Waals surface area (Å²) in [6.07, 6.45) is 6.79. The Morgan fingerprint density at radius 1 is 1.11 bits per heavy atom. The molecule has 1 aliphatic rings. The fourth-order valence-corrected chi connectivity index (χ4v) is 3.63. The van der Waals surface area contributed by atoms with Crippen LogP contribution in [0.5, 0.6) is 11.6 Å². The van der Waals surface area contributed by atoms with Crippen LogP contribution in [0.25, 0.3) is 0 Å². The van der Waals surface area contributed by atoms with Gasteiger partial charge < -0.3 is 9.64 Å². The van der Waals surface area contributed by atoms with E-state index in [-0.39, 0.29) is 11.8 Å². The lowest BCUT2D eigenvalue weighted by molar-refractivity contribution is 0.0711. The standard InChI is InChI=1S/C21H23N5O2/c1-15-18(14-25(2)24-15)21(27)26-12-8-16(9-13-26)19-20(23-11-10-22-19)28-17-6-4-3-5-7-17/h3-7,10-11,14,16H,8-9,12-13H2,1-2H3. The summed E-state index contributed by atoms with van der Waals surface area (Å²) in [7, 11) is 1.83. The number of hydrogen-bond donors (Lipinski definition) is 0. The molecule has 7 heteroatoms. The van der Waals surface area contributed by atoms with Gasteiger partial charge in [-0.1, -0.05) is 18.2 Å². The van der Waals surface area contributed by atoms with Gasteiger partial charge in [-0.05, 0) is 31.9 Å². The number of aryl methyl sites for hydroxylation is 2. The van der Waals surface area contributed by atoms with Crippen LogP contribution in [-0.2, 0) is 7.05 Å². The lowest BCUT2D eigenvalue weighted by Crippen LogP contribution is -2.38. The number of aromatic nitrogens is 4. The molecule has 0 atom stereocenters. The van der Waals surface area contributed by atoms with Crippen LogP contribution in [0.2, 0.25) is 0 Å². The van der Waals surface area contributed by atoms with Gasteiger partial charge in [-0.2, -0.15) is 5.10 Å². The van der Waals surface area contributed by atoms with E-state index in [0.29, 0.717) is 24.5 Å². The molecule has 0 spiro atoms. The number of rotatable bonds is 4. The summed E-state index contributed by atoms with van der Waals surface area (Å²) in [6.45, 7) is 3.23. The summed E-state index contributed by atoms with van der Waals surface area (Å²) in [5.74, 6) is 1.54. The quantitative estimate of drug-likeness (QED) is 0.697. The largest absolute Gasteiger partial charge is 0.437 e. The zero-order valence-corrected chi connectivity index (χ0v) is 16.1. The van der Waals surface area contributed by atoms with Crippen molar-refractivity contribution in [3.63, 3.8) is 0 Å². The van der Waals surface area contributed by atoms with Crippen LogP contribution >= 0.6 is 0 Å². The first-order chi connectivity index (χ1) is 13.6. The molecule has 28 heavy (non-hydrogen) atoms. The van der Waals surface area contributed by atoms with Gasteiger partial charge in [0.1, 0.15) is 11.4 Å². The van der Waals surface area contributed by atoms with Gasteiger partial charge in [-0.25, -0.2) is 4.98 Å². The Balaban J connectivity index is 1.46. The predicted octanol–water partition coefficient (Wildman–Crippen LogP) is 3.33. The fraction of sp³-hybridized carbons (Fsp3) is 0.333. The smallest absolute Gasteiger partial charge is 0.257 e. The van der Waals surface area contributed by atoms with Gasteiger partial charge in [0.2, 0.25) is 5.88 Å². The summed E-state index contributed by atoms with van der Waals surface area (Å²) in [4.78, 5) is 23.6. The molecule has 2 aromatic heterocycles. The maximum atomic E-state index is 12.8. The Bertz CT molecular complexity index is 962. The van der Waals surface area contributed by atoms with E-state index in [0.717, 1.165) is 30.0 Å². The molecule has 144 valence electrons. The molecule has 4 rings (SSSR count). The van der Waals surface area contributed by atoms with Crippen molar-refractivity contribution < 1.29 is 9.53 Å². The van der Waals surface area contributed by atoms with E-state index in [1.54, 1.807) is 23.3 Å². The molecule has 1 saturated heterocycles. The number of para-hydroxylation sites is 1. The van der Waals surface area contributed by atoms with Crippen LogP contribution in [0.15, 0.2) is 48.9 Å². The third-order valence-corrected chi connectivity index (χ3v) is 5.06. The third kappa shape index (κ3) is 3.74. The second kappa shape index (κ2) is 7.80. The number of likely N-dealkylation sites (tertiary alicyclic amines) is 1. The van der Waals surface area contributed by atoms with Gasteiger partial charge >= 0.3 is 0 Å². The molecule has 3 aromatic rings. The van der Waals surface area contributed by atoms with Crippen LogP contribution in [0.1, 0.15) is 40.5 Å². The van der Waals surface area contributed by atoms with Gasteiger partial charge in [0.15, 0.2) is 0 Å². The number of ether oxygens (including phenoxy) is 1. The van der Waals surface area contributed by atoms with Crippen molar-refractivity contribution >= 4 is 5.91 Å². The first-order valence-electron chi connectivity index (χ1n) is 9.45. The van der Waals surface area contributed by atoms with Gasteiger partial charge in [0.05, 0.1) is 11.3 Å². The Hall–Kier alpha value is -3.22. The zero-order chi connectivity index (χ0) is 19.5. The number of benzene rings is 1. The van der Waals surface area contributed by atoms with E-state index in [1.807, 2.05) is 49.2 Å². The minimum atomic E-state index is 0.0453. The fourth-order valence-electron chi connectivity index (χ4n) is 3.63. The Morgan fingerprint density at radius 2 is 1.82 bits per heavy atom. The molecule has 0 saturated carbocycles. The van der Waals surface area contributed by atoms with E-state index in [1.165, 1.54) is 0 Å². The van der Waals surface area contributed by atoms with Crippen molar-refractivity contribution in [2.24, 2.45) is 7.05 Å². The SMILES string of the molecule is Cc1nn(C)cc1C(=O)N1CCC(c2nccnc2Oc2ccccc2)CC1. The van der Waals surface area contributed by atoms with Crippen LogP contribution in [-0.4, -0.2) is 43.6 Å². The Kier molecular flexibility index (Phi) is 5.06. The van der Waals surface area contributed by atoms with Gasteiger partial charge in [-0.15, -0.1) is 0 Å². The third-order valence-electron chi connectivity index (χ3n) is 5.06. The minimum Gasteiger partial charge on any atom is -0.437 e. The Morgan fingerprint density at radius 3 is 2.50 bits per heavy atom. The summed E-state index contributed by atoms with van der Waals surface area (Å²) in [5, 5.41) is 4.28. The second-order valence-electron chi connectivity index (χ2n) is 7.03. The molecule has 1 aromatic carbocycles. The minimum absolute atomic E-state index is 0.0453. The molecule has 1 fully saturated rings. The van der Waals surface area contributed by atoms with Crippen molar-refractivity contribution in [1.82, 2.24) is 24.6 Å². The van der Waals surface area contributed by atoms with E-state index in [9.17, 15) is 4.79 Å². The van der Waals surface area contributed by atoms with Gasteiger partial charge in [-0.3, -0.25) is 14.5 Å². The number of carbonyl (C=O) groups excluding carboxylic acids is 1. The summed E-state index contributed by atoms with van der Waals surface area (Å²) < 4.78 is 7.64. The van der Waals surface area contributed by atoms with Crippen molar-refractivity contribution in [3.8, 4) is 11.6 Å². The van der Waals surface area contributed by atoms with Crippen molar-refractivity contribution in [1.29, 1.82) is 0 Å². The molecule has 1 aliphatic heterocycles. The Labute approximate surface area is 164 Å². The number of piperidine rings is 1. The van der Waals surface area contributed by atoms with Gasteiger partial charge in [0.25, 0.3) is 5.91 Å². The maximum Gasteiger partial charge on any atom is 0.257 e. The highest BCUT2D eigenvalue weighted by molar-refractivity contribution is 5.95. The highest BCUT2D eigenvalue weighted by Gasteiger charge is 2.29. The topological polar surface area (TPSA) is 73.1 Å². The maximum absolute atomic E-state index is 12.8. The summed E-state index contributed by atoms with van der Waals surface area (Å²) >= 11 is 0. The average Bonchev–Trinajstić information content (AvgIpc) is 3.07. The first-order valence-corrected chi connectivity index (χ1v) is 9.45. The second-order valence-corrected chi connectivity index (χ2v) is 7.03. The highest BCUT2D eigenvalue weighted by Crippen LogP contribution is 2.33. The van der Waals surface area contributed by atoms with E-state index >= 15 is 0 Å². The lowest BCUT2D eigenvalue weighted by Gasteiger charge is -2.32. The molecule has 0 aliphatic carbocycles. The van der Waals surface area contributed by atoms with E-state index in [2.05, 4.69) is 15.1 Å². The molecule has 0 N–H and O–H groups in total. The molecule has 0 bridgehead atoms. The molecule has 0 radical (unpaired) electrons. The highest BCUT2D eigenvalue weighted by atomic mass is 16.5. The summed E-state index contributed by atoms with van der Waals surface area (Å²) in [6, 6.07) is 9.60. The molecule has 0 unspecified atom stereocenters. The van der Waals surface area contributed by atoms with Gasteiger partial charge in [0, 0.05) is 44.6 Å². The van der Waals surface area contributed by atoms with Crippen molar-refractivity contribution in [2.75, 3.05) is 13.1 Å². The van der Waals surface area contributed by atoms with Crippen molar-refractivity contribution in [2.45, 2.75) is 25.7 Å². The lowest BCUT2D eigenvalue weighted by atomic mass is 9.93. The van der Waals surface area contributed by atoms with Crippen molar-refractivity contribution in [3.05, 3.63) is 65.9 Å². The number of carbonyl (C=O) groups is 1. The predicted molar refractivity (Wildman–Crippen MR) is 104 cm³/mol. The van der Waals surface area contributed by atoms with Crippen LogP contribution in [0.3, 0.4) is 0 Å². The molecular weight excluding hydrogens is 354 g/mol. The zero-order valence-electron chi connectivity index (χ0n) is 16.1. The number of amides is 1. The van der Waals surface area contributed by atoms with Crippen LogP contribution in [0, 0.1) is 6.92 Å². The molecular formula is C21H23N5O2. The van der Waals surface area contributed by atoms with Crippen LogP contribution < -0.4 is 4.74 Å². The van der Waals surface area contributed by atoms with Crippen LogP contribution in [0.4, 0.5) is 0 Å². The molecule has 7 nitrogen and oxygen atoms in total. The average molecular weight is 377 g/mol. The van der Waals surface area contributed by atoms with E-state index < -0.39 is 0 Å². The first kappa shape index (κ1) is 18.2. The van der Waals surface area contributed by atoms with E-state index in [4.69, 9.17) is 4.74 Å². The normalized spacial score (nSPS) is 14.9. The monoisotopic (exact) mass is 377 g/mol. The molecule has 1 amide bonds. The number of nitrogens with zero attached hydrogens (tertiary/aromatic N) is 5. The summed E-state index contributed by atoms with van der Waals surface area (Å²) in [5.41, 5.74) is 2.30. The molecule has 3 heterocycles.